The molecule has 0 aliphatic carbocycles. The number of aliphatic carboxylic acids is 1. The van der Waals surface area contributed by atoms with Gasteiger partial charge in [-0.1, -0.05) is 17.7 Å². The highest BCUT2D eigenvalue weighted by Crippen LogP contribution is 2.20. The third-order valence-corrected chi connectivity index (χ3v) is 3.79. The summed E-state index contributed by atoms with van der Waals surface area (Å²) in [5.74, 6) is -0.817. The molecule has 0 aliphatic rings. The minimum absolute atomic E-state index is 0.0521. The lowest BCUT2D eigenvalue weighted by atomic mass is 10.1. The minimum atomic E-state index is -0.817. The van der Waals surface area contributed by atoms with Gasteiger partial charge >= 0.3 is 5.97 Å². The van der Waals surface area contributed by atoms with Gasteiger partial charge < -0.3 is 10.4 Å². The monoisotopic (exact) mass is 296 g/mol. The van der Waals surface area contributed by atoms with Crippen LogP contribution in [-0.4, -0.2) is 16.1 Å². The molecule has 0 unspecified atom stereocenters. The van der Waals surface area contributed by atoms with Crippen LogP contribution in [0.15, 0.2) is 24.4 Å². The molecule has 2 rings (SSSR count). The number of anilines is 1. The van der Waals surface area contributed by atoms with Crippen LogP contribution in [0.3, 0.4) is 0 Å². The van der Waals surface area contributed by atoms with E-state index in [0.717, 1.165) is 21.7 Å². The summed E-state index contributed by atoms with van der Waals surface area (Å²) in [5.41, 5.74) is 2.75. The SMILES string of the molecule is Cc1cc(NCc2cnc(Cl)s2)ccc1CC(=O)O. The molecule has 0 amide bonds. The molecular formula is C13H13ClN2O2S. The lowest BCUT2D eigenvalue weighted by molar-refractivity contribution is -0.136. The molecule has 2 aromatic rings. The van der Waals surface area contributed by atoms with Gasteiger partial charge in [-0.25, -0.2) is 4.98 Å². The van der Waals surface area contributed by atoms with E-state index in [1.807, 2.05) is 25.1 Å². The smallest absolute Gasteiger partial charge is 0.307 e. The first-order valence-corrected chi connectivity index (χ1v) is 6.89. The maximum atomic E-state index is 10.7. The zero-order valence-corrected chi connectivity index (χ0v) is 11.9. The first-order chi connectivity index (χ1) is 9.04. The van der Waals surface area contributed by atoms with Gasteiger partial charge in [0.05, 0.1) is 13.0 Å². The van der Waals surface area contributed by atoms with E-state index < -0.39 is 5.97 Å². The molecule has 19 heavy (non-hydrogen) atoms. The maximum absolute atomic E-state index is 10.7. The molecule has 0 radical (unpaired) electrons. The third kappa shape index (κ3) is 3.94. The van der Waals surface area contributed by atoms with E-state index in [9.17, 15) is 4.79 Å². The average Bonchev–Trinajstić information content (AvgIpc) is 2.75. The van der Waals surface area contributed by atoms with Crippen molar-refractivity contribution in [3.8, 4) is 0 Å². The summed E-state index contributed by atoms with van der Waals surface area (Å²) in [5, 5.41) is 12.0. The zero-order valence-electron chi connectivity index (χ0n) is 10.3. The Hall–Kier alpha value is -1.59. The Morgan fingerprint density at radius 3 is 2.89 bits per heavy atom. The van der Waals surface area contributed by atoms with Gasteiger partial charge in [0.25, 0.3) is 0 Å². The van der Waals surface area contributed by atoms with Crippen LogP contribution < -0.4 is 5.32 Å². The number of thiazole rings is 1. The summed E-state index contributed by atoms with van der Waals surface area (Å²) in [7, 11) is 0. The summed E-state index contributed by atoms with van der Waals surface area (Å²) in [6.07, 6.45) is 1.79. The molecule has 1 heterocycles. The summed E-state index contributed by atoms with van der Waals surface area (Å²) in [4.78, 5) is 15.7. The number of carboxylic acid groups (broad SMARTS) is 1. The van der Waals surface area contributed by atoms with Crippen molar-refractivity contribution in [3.05, 3.63) is 44.9 Å². The van der Waals surface area contributed by atoms with Crippen LogP contribution >= 0.6 is 22.9 Å². The molecule has 0 spiro atoms. The summed E-state index contributed by atoms with van der Waals surface area (Å²) >= 11 is 7.20. The second-order valence-corrected chi connectivity index (χ2v) is 5.84. The van der Waals surface area contributed by atoms with Gasteiger partial charge in [-0.15, -0.1) is 11.3 Å². The van der Waals surface area contributed by atoms with Gasteiger partial charge in [-0.3, -0.25) is 4.79 Å². The molecule has 0 atom stereocenters. The van der Waals surface area contributed by atoms with Crippen LogP contribution in [0.2, 0.25) is 4.47 Å². The van der Waals surface area contributed by atoms with Gasteiger partial charge in [-0.2, -0.15) is 0 Å². The van der Waals surface area contributed by atoms with Crippen molar-refractivity contribution in [2.75, 3.05) is 5.32 Å². The molecule has 4 nitrogen and oxygen atoms in total. The van der Waals surface area contributed by atoms with Gasteiger partial charge in [-0.05, 0) is 30.2 Å². The van der Waals surface area contributed by atoms with Crippen LogP contribution in [0.4, 0.5) is 5.69 Å². The van der Waals surface area contributed by atoms with Crippen molar-refractivity contribution in [2.45, 2.75) is 19.9 Å². The van der Waals surface area contributed by atoms with E-state index in [4.69, 9.17) is 16.7 Å². The highest BCUT2D eigenvalue weighted by molar-refractivity contribution is 7.15. The van der Waals surface area contributed by atoms with Crippen molar-refractivity contribution in [1.82, 2.24) is 4.98 Å². The molecule has 6 heteroatoms. The van der Waals surface area contributed by atoms with Gasteiger partial charge in [0.15, 0.2) is 4.47 Å². The van der Waals surface area contributed by atoms with E-state index in [2.05, 4.69) is 10.3 Å². The van der Waals surface area contributed by atoms with Gasteiger partial charge in [0.1, 0.15) is 0 Å². The molecule has 0 fully saturated rings. The normalized spacial score (nSPS) is 10.4. The molecule has 0 saturated carbocycles. The first-order valence-electron chi connectivity index (χ1n) is 5.70. The Morgan fingerprint density at radius 1 is 1.53 bits per heavy atom. The number of rotatable bonds is 5. The fraction of sp³-hybridized carbons (Fsp3) is 0.231. The summed E-state index contributed by atoms with van der Waals surface area (Å²) in [6.45, 7) is 2.56. The molecule has 2 N–H and O–H groups in total. The second-order valence-electron chi connectivity index (χ2n) is 4.14. The van der Waals surface area contributed by atoms with Crippen molar-refractivity contribution in [2.24, 2.45) is 0 Å². The van der Waals surface area contributed by atoms with E-state index >= 15 is 0 Å². The lowest BCUT2D eigenvalue weighted by Gasteiger charge is -2.08. The molecule has 0 bridgehead atoms. The largest absolute Gasteiger partial charge is 0.481 e. The number of halogens is 1. The van der Waals surface area contributed by atoms with E-state index in [1.165, 1.54) is 11.3 Å². The Bertz CT molecular complexity index is 598. The van der Waals surface area contributed by atoms with Crippen LogP contribution in [0.25, 0.3) is 0 Å². The third-order valence-electron chi connectivity index (χ3n) is 2.68. The Morgan fingerprint density at radius 2 is 2.32 bits per heavy atom. The Labute approximate surface area is 120 Å². The number of benzene rings is 1. The predicted octanol–water partition coefficient (Wildman–Crippen LogP) is 3.34. The highest BCUT2D eigenvalue weighted by atomic mass is 35.5. The fourth-order valence-corrected chi connectivity index (χ4v) is 2.64. The molecule has 1 aromatic carbocycles. The predicted molar refractivity (Wildman–Crippen MR) is 77.0 cm³/mol. The van der Waals surface area contributed by atoms with Crippen LogP contribution in [-0.2, 0) is 17.8 Å². The zero-order chi connectivity index (χ0) is 13.8. The van der Waals surface area contributed by atoms with Crippen molar-refractivity contribution < 1.29 is 9.90 Å². The van der Waals surface area contributed by atoms with Gasteiger partial charge in [0.2, 0.25) is 0 Å². The van der Waals surface area contributed by atoms with Gasteiger partial charge in [0, 0.05) is 16.8 Å². The number of carbonyl (C=O) groups is 1. The number of hydrogen-bond acceptors (Lipinski definition) is 4. The van der Waals surface area contributed by atoms with Crippen LogP contribution in [0.1, 0.15) is 16.0 Å². The summed E-state index contributed by atoms with van der Waals surface area (Å²) in [6, 6.07) is 5.67. The molecular weight excluding hydrogens is 284 g/mol. The molecule has 0 saturated heterocycles. The fourth-order valence-electron chi connectivity index (χ4n) is 1.72. The number of hydrogen-bond donors (Lipinski definition) is 2. The number of aryl methyl sites for hydroxylation is 1. The Kier molecular flexibility index (Phi) is 4.39. The second kappa shape index (κ2) is 6.04. The topological polar surface area (TPSA) is 62.2 Å². The maximum Gasteiger partial charge on any atom is 0.307 e. The Balaban J connectivity index is 2.01. The molecule has 100 valence electrons. The quantitative estimate of drug-likeness (QED) is 0.888. The first kappa shape index (κ1) is 13.8. The highest BCUT2D eigenvalue weighted by Gasteiger charge is 2.05. The minimum Gasteiger partial charge on any atom is -0.481 e. The van der Waals surface area contributed by atoms with Crippen molar-refractivity contribution in [3.63, 3.8) is 0 Å². The van der Waals surface area contributed by atoms with E-state index in [-0.39, 0.29) is 6.42 Å². The van der Waals surface area contributed by atoms with Crippen molar-refractivity contribution in [1.29, 1.82) is 0 Å². The van der Waals surface area contributed by atoms with Crippen molar-refractivity contribution >= 4 is 34.6 Å². The standard InChI is InChI=1S/C13H13ClN2O2S/c1-8-4-10(3-2-9(8)5-12(17)18)15-6-11-7-16-13(14)19-11/h2-4,7,15H,5-6H2,1H3,(H,17,18). The number of carboxylic acids is 1. The molecule has 0 aliphatic heterocycles. The van der Waals surface area contributed by atoms with Crippen LogP contribution in [0.5, 0.6) is 0 Å². The summed E-state index contributed by atoms with van der Waals surface area (Å²) < 4.78 is 0.532. The number of nitrogens with zero attached hydrogens (tertiary/aromatic N) is 1. The van der Waals surface area contributed by atoms with Crippen LogP contribution in [0, 0.1) is 6.92 Å². The van der Waals surface area contributed by atoms with E-state index in [0.29, 0.717) is 11.0 Å². The average molecular weight is 297 g/mol. The number of nitrogens with one attached hydrogen (secondary N) is 1. The molecule has 1 aromatic heterocycles. The lowest BCUT2D eigenvalue weighted by Crippen LogP contribution is -2.03. The number of aromatic nitrogens is 1. The van der Waals surface area contributed by atoms with E-state index in [1.54, 1.807) is 6.20 Å².